The van der Waals surface area contributed by atoms with E-state index in [9.17, 15) is 4.79 Å². The van der Waals surface area contributed by atoms with Crippen LogP contribution in [0.1, 0.15) is 47.7 Å². The Morgan fingerprint density at radius 2 is 2.25 bits per heavy atom. The fourth-order valence-electron chi connectivity index (χ4n) is 2.17. The third-order valence-corrected chi connectivity index (χ3v) is 3.57. The van der Waals surface area contributed by atoms with Gasteiger partial charge in [0.25, 0.3) is 5.91 Å². The molecular formula is C17H21NO2. The molecule has 3 heteroatoms. The van der Waals surface area contributed by atoms with Crippen LogP contribution in [0.4, 0.5) is 0 Å². The lowest BCUT2D eigenvalue weighted by Crippen LogP contribution is -2.34. The van der Waals surface area contributed by atoms with Crippen molar-refractivity contribution in [2.75, 3.05) is 6.61 Å². The number of nitrogens with one attached hydrogen (secondary N) is 1. The highest BCUT2D eigenvalue weighted by molar-refractivity contribution is 5.97. The lowest BCUT2D eigenvalue weighted by Gasteiger charge is -2.14. The second-order valence-corrected chi connectivity index (χ2v) is 5.42. The third-order valence-electron chi connectivity index (χ3n) is 3.57. The molecule has 106 valence electrons. The van der Waals surface area contributed by atoms with Gasteiger partial charge in [0.1, 0.15) is 0 Å². The number of hydrogen-bond acceptors (Lipinski definition) is 2. The molecule has 0 bridgehead atoms. The van der Waals surface area contributed by atoms with Gasteiger partial charge in [0.05, 0.1) is 12.2 Å². The predicted octanol–water partition coefficient (Wildman–Crippen LogP) is 2.26. The first-order valence-electron chi connectivity index (χ1n) is 7.13. The number of rotatable bonds is 4. The minimum absolute atomic E-state index is 0.0408. The van der Waals surface area contributed by atoms with Crippen molar-refractivity contribution in [3.05, 3.63) is 34.9 Å². The maximum Gasteiger partial charge on any atom is 0.252 e. The summed E-state index contributed by atoms with van der Waals surface area (Å²) in [6.07, 6.45) is 2.84. The summed E-state index contributed by atoms with van der Waals surface area (Å²) in [6, 6.07) is 5.92. The van der Waals surface area contributed by atoms with Gasteiger partial charge in [-0.2, -0.15) is 0 Å². The predicted molar refractivity (Wildman–Crippen MR) is 79.4 cm³/mol. The van der Waals surface area contributed by atoms with E-state index in [4.69, 9.17) is 5.11 Å². The summed E-state index contributed by atoms with van der Waals surface area (Å²) in [7, 11) is 0. The summed E-state index contributed by atoms with van der Waals surface area (Å²) in [4.78, 5) is 12.4. The van der Waals surface area contributed by atoms with Crippen LogP contribution in [0.15, 0.2) is 18.2 Å². The van der Waals surface area contributed by atoms with Crippen LogP contribution in [0.3, 0.4) is 0 Å². The lowest BCUT2D eigenvalue weighted by atomic mass is 10.0. The topological polar surface area (TPSA) is 49.3 Å². The Kier molecular flexibility index (Phi) is 4.81. The van der Waals surface area contributed by atoms with Crippen LogP contribution in [0.5, 0.6) is 0 Å². The van der Waals surface area contributed by atoms with Crippen molar-refractivity contribution in [2.45, 2.75) is 39.2 Å². The average molecular weight is 271 g/mol. The zero-order valence-corrected chi connectivity index (χ0v) is 12.1. The van der Waals surface area contributed by atoms with Gasteiger partial charge < -0.3 is 10.4 Å². The number of aliphatic hydroxyl groups is 1. The Bertz CT molecular complexity index is 550. The number of aliphatic hydroxyl groups excluding tert-OH is 1. The Morgan fingerprint density at radius 1 is 1.50 bits per heavy atom. The Hall–Kier alpha value is -1.79. The number of benzene rings is 1. The molecule has 0 saturated heterocycles. The van der Waals surface area contributed by atoms with Crippen molar-refractivity contribution < 1.29 is 9.90 Å². The van der Waals surface area contributed by atoms with Crippen LogP contribution in [-0.4, -0.2) is 23.7 Å². The van der Waals surface area contributed by atoms with Crippen LogP contribution >= 0.6 is 0 Å². The van der Waals surface area contributed by atoms with Gasteiger partial charge in [0.2, 0.25) is 0 Å². The highest BCUT2D eigenvalue weighted by Crippen LogP contribution is 2.32. The van der Waals surface area contributed by atoms with Gasteiger partial charge in [-0.25, -0.2) is 0 Å². The van der Waals surface area contributed by atoms with Crippen molar-refractivity contribution in [1.29, 1.82) is 0 Å². The normalized spacial score (nSPS) is 15.2. The van der Waals surface area contributed by atoms with E-state index in [1.54, 1.807) is 0 Å². The van der Waals surface area contributed by atoms with Gasteiger partial charge in [-0.05, 0) is 44.7 Å². The molecule has 1 saturated carbocycles. The molecule has 1 aromatic carbocycles. The SMILES string of the molecule is Cc1ccc(C#CCCO)c(C(=O)NC(C)C2CC2)c1. The molecule has 2 N–H and O–H groups in total. The Morgan fingerprint density at radius 3 is 2.90 bits per heavy atom. The monoisotopic (exact) mass is 271 g/mol. The summed E-state index contributed by atoms with van der Waals surface area (Å²) in [5.41, 5.74) is 2.40. The molecule has 0 aliphatic heterocycles. The molecule has 0 aromatic heterocycles. The molecule has 0 radical (unpaired) electrons. The molecule has 1 unspecified atom stereocenters. The van der Waals surface area contributed by atoms with E-state index in [2.05, 4.69) is 24.1 Å². The molecular weight excluding hydrogens is 250 g/mol. The molecule has 0 spiro atoms. The Balaban J connectivity index is 2.17. The van der Waals surface area contributed by atoms with E-state index in [1.807, 2.05) is 25.1 Å². The first-order valence-corrected chi connectivity index (χ1v) is 7.13. The number of aryl methyl sites for hydroxylation is 1. The lowest BCUT2D eigenvalue weighted by molar-refractivity contribution is 0.0935. The minimum atomic E-state index is -0.0543. The molecule has 1 fully saturated rings. The molecule has 0 heterocycles. The summed E-state index contributed by atoms with van der Waals surface area (Å²) in [6.45, 7) is 4.06. The van der Waals surface area contributed by atoms with Gasteiger partial charge in [0, 0.05) is 18.0 Å². The largest absolute Gasteiger partial charge is 0.395 e. The van der Waals surface area contributed by atoms with Crippen LogP contribution in [0, 0.1) is 24.7 Å². The summed E-state index contributed by atoms with van der Waals surface area (Å²) in [5, 5.41) is 11.8. The van der Waals surface area contributed by atoms with Crippen LogP contribution in [-0.2, 0) is 0 Å². The molecule has 1 aliphatic carbocycles. The average Bonchev–Trinajstić information content (AvgIpc) is 3.25. The zero-order valence-electron chi connectivity index (χ0n) is 12.1. The van der Waals surface area contributed by atoms with E-state index < -0.39 is 0 Å². The van der Waals surface area contributed by atoms with Crippen molar-refractivity contribution >= 4 is 5.91 Å². The quantitative estimate of drug-likeness (QED) is 0.825. The molecule has 1 atom stereocenters. The molecule has 1 aromatic rings. The second-order valence-electron chi connectivity index (χ2n) is 5.42. The Labute approximate surface area is 120 Å². The van der Waals surface area contributed by atoms with Crippen LogP contribution in [0.2, 0.25) is 0 Å². The molecule has 1 aliphatic rings. The smallest absolute Gasteiger partial charge is 0.252 e. The number of carbonyl (C=O) groups excluding carboxylic acids is 1. The third kappa shape index (κ3) is 3.85. The summed E-state index contributed by atoms with van der Waals surface area (Å²) in [5.74, 6) is 6.42. The molecule has 20 heavy (non-hydrogen) atoms. The molecule has 3 nitrogen and oxygen atoms in total. The highest BCUT2D eigenvalue weighted by Gasteiger charge is 2.29. The van der Waals surface area contributed by atoms with Gasteiger partial charge in [0.15, 0.2) is 0 Å². The maximum atomic E-state index is 12.4. The fourth-order valence-corrected chi connectivity index (χ4v) is 2.17. The van der Waals surface area contributed by atoms with Gasteiger partial charge in [-0.1, -0.05) is 23.5 Å². The van der Waals surface area contributed by atoms with Crippen LogP contribution in [0.25, 0.3) is 0 Å². The van der Waals surface area contributed by atoms with Crippen molar-refractivity contribution in [1.82, 2.24) is 5.32 Å². The van der Waals surface area contributed by atoms with Crippen molar-refractivity contribution in [2.24, 2.45) is 5.92 Å². The van der Waals surface area contributed by atoms with E-state index in [1.165, 1.54) is 12.8 Å². The second kappa shape index (κ2) is 6.58. The van der Waals surface area contributed by atoms with Crippen LogP contribution < -0.4 is 5.32 Å². The highest BCUT2D eigenvalue weighted by atomic mass is 16.2. The fraction of sp³-hybridized carbons (Fsp3) is 0.471. The minimum Gasteiger partial charge on any atom is -0.395 e. The van der Waals surface area contributed by atoms with Gasteiger partial charge >= 0.3 is 0 Å². The molecule has 1 amide bonds. The first-order chi connectivity index (χ1) is 9.61. The summed E-state index contributed by atoms with van der Waals surface area (Å²) < 4.78 is 0. The van der Waals surface area contributed by atoms with E-state index >= 15 is 0 Å². The standard InChI is InChI=1S/C17H21NO2/c1-12-6-7-15(5-3-4-10-19)16(11-12)17(20)18-13(2)14-8-9-14/h6-7,11,13-14,19H,4,8-10H2,1-2H3,(H,18,20). The van der Waals surface area contributed by atoms with Gasteiger partial charge in [-0.3, -0.25) is 4.79 Å². The number of amides is 1. The summed E-state index contributed by atoms with van der Waals surface area (Å²) >= 11 is 0. The van der Waals surface area contributed by atoms with E-state index in [-0.39, 0.29) is 18.6 Å². The maximum absolute atomic E-state index is 12.4. The molecule has 2 rings (SSSR count). The van der Waals surface area contributed by atoms with E-state index in [0.29, 0.717) is 17.9 Å². The van der Waals surface area contributed by atoms with Gasteiger partial charge in [-0.15, -0.1) is 0 Å². The zero-order chi connectivity index (χ0) is 14.5. The number of hydrogen-bond donors (Lipinski definition) is 2. The number of carbonyl (C=O) groups is 1. The first kappa shape index (κ1) is 14.6. The van der Waals surface area contributed by atoms with Crippen molar-refractivity contribution in [3.8, 4) is 11.8 Å². The van der Waals surface area contributed by atoms with E-state index in [0.717, 1.165) is 11.1 Å². The van der Waals surface area contributed by atoms with Crippen molar-refractivity contribution in [3.63, 3.8) is 0 Å².